The van der Waals surface area contributed by atoms with Crippen LogP contribution in [0, 0.1) is 0 Å². The van der Waals surface area contributed by atoms with Crippen LogP contribution in [-0.2, 0) is 5.41 Å². The zero-order valence-corrected chi connectivity index (χ0v) is 32.0. The van der Waals surface area contributed by atoms with E-state index in [2.05, 4.69) is 230 Å². The van der Waals surface area contributed by atoms with Gasteiger partial charge >= 0.3 is 0 Å². The molecule has 0 atom stereocenters. The van der Waals surface area contributed by atoms with E-state index in [0.717, 1.165) is 17.1 Å². The minimum atomic E-state index is -0.225. The predicted molar refractivity (Wildman–Crippen MR) is 241 cm³/mol. The van der Waals surface area contributed by atoms with E-state index >= 15 is 0 Å². The number of hydrogen-bond donors (Lipinski definition) is 0. The Morgan fingerprint density at radius 3 is 1.63 bits per heavy atom. The highest BCUT2D eigenvalue weighted by atomic mass is 15.1. The summed E-state index contributed by atoms with van der Waals surface area (Å²) in [6.45, 7) is 4.78. The van der Waals surface area contributed by atoms with Crippen LogP contribution in [0.5, 0.6) is 0 Å². The average molecular weight is 729 g/mol. The summed E-state index contributed by atoms with van der Waals surface area (Å²) < 4.78 is 2.53. The van der Waals surface area contributed by atoms with E-state index in [1.165, 1.54) is 82.8 Å². The molecular formula is C55H40N2. The van der Waals surface area contributed by atoms with Gasteiger partial charge in [0.2, 0.25) is 0 Å². The second-order valence-corrected chi connectivity index (χ2v) is 15.8. The normalized spacial score (nSPS) is 12.9. The van der Waals surface area contributed by atoms with Crippen LogP contribution in [0.3, 0.4) is 0 Å². The second-order valence-electron chi connectivity index (χ2n) is 15.8. The van der Waals surface area contributed by atoms with Gasteiger partial charge in [0.05, 0.1) is 16.7 Å². The monoisotopic (exact) mass is 728 g/mol. The molecule has 1 aromatic heterocycles. The van der Waals surface area contributed by atoms with Crippen LogP contribution in [0.15, 0.2) is 206 Å². The number of para-hydroxylation sites is 1. The zero-order valence-electron chi connectivity index (χ0n) is 32.0. The van der Waals surface area contributed by atoms with Crippen LogP contribution >= 0.6 is 0 Å². The first-order chi connectivity index (χ1) is 28.0. The third-order valence-corrected chi connectivity index (χ3v) is 12.2. The van der Waals surface area contributed by atoms with E-state index in [9.17, 15) is 0 Å². The fourth-order valence-electron chi connectivity index (χ4n) is 9.38. The third kappa shape index (κ3) is 5.25. The van der Waals surface area contributed by atoms with Crippen LogP contribution in [0.4, 0.5) is 17.1 Å². The summed E-state index contributed by atoms with van der Waals surface area (Å²) in [5, 5.41) is 5.07. The van der Waals surface area contributed by atoms with E-state index in [1.54, 1.807) is 0 Å². The fraction of sp³-hybridized carbons (Fsp3) is 0.0545. The topological polar surface area (TPSA) is 8.17 Å². The molecule has 2 heteroatoms. The van der Waals surface area contributed by atoms with E-state index in [-0.39, 0.29) is 5.41 Å². The van der Waals surface area contributed by atoms with Crippen molar-refractivity contribution in [1.29, 1.82) is 0 Å². The first-order valence-corrected chi connectivity index (χ1v) is 19.9. The Balaban J connectivity index is 1.09. The van der Waals surface area contributed by atoms with Gasteiger partial charge in [-0.25, -0.2) is 0 Å². The molecule has 57 heavy (non-hydrogen) atoms. The molecule has 0 saturated heterocycles. The maximum atomic E-state index is 2.53. The largest absolute Gasteiger partial charge is 0.310 e. The van der Waals surface area contributed by atoms with E-state index in [4.69, 9.17) is 0 Å². The van der Waals surface area contributed by atoms with Crippen molar-refractivity contribution in [3.05, 3.63) is 217 Å². The van der Waals surface area contributed by atoms with Crippen molar-refractivity contribution < 1.29 is 0 Å². The highest BCUT2D eigenvalue weighted by Gasteiger charge is 2.38. The van der Waals surface area contributed by atoms with Crippen molar-refractivity contribution in [1.82, 2.24) is 4.57 Å². The number of benzene rings is 9. The number of fused-ring (bicyclic) bond motifs is 8. The van der Waals surface area contributed by atoms with Gasteiger partial charge in [0.15, 0.2) is 0 Å². The molecule has 2 nitrogen and oxygen atoms in total. The van der Waals surface area contributed by atoms with Crippen molar-refractivity contribution in [2.45, 2.75) is 19.3 Å². The summed E-state index contributed by atoms with van der Waals surface area (Å²) in [5.74, 6) is 0. The van der Waals surface area contributed by atoms with Crippen molar-refractivity contribution in [3.63, 3.8) is 0 Å². The Hall–Kier alpha value is -7.16. The zero-order chi connectivity index (χ0) is 38.1. The number of aromatic nitrogens is 1. The van der Waals surface area contributed by atoms with Gasteiger partial charge in [-0.05, 0) is 92.9 Å². The van der Waals surface area contributed by atoms with Gasteiger partial charge in [-0.2, -0.15) is 0 Å². The lowest BCUT2D eigenvalue weighted by Crippen LogP contribution is -2.16. The van der Waals surface area contributed by atoms with Gasteiger partial charge in [-0.15, -0.1) is 0 Å². The summed E-state index contributed by atoms with van der Waals surface area (Å²) in [6.07, 6.45) is 0. The Morgan fingerprint density at radius 1 is 0.404 bits per heavy atom. The highest BCUT2D eigenvalue weighted by molar-refractivity contribution is 6.19. The minimum Gasteiger partial charge on any atom is -0.310 e. The molecule has 1 aliphatic rings. The van der Waals surface area contributed by atoms with Gasteiger partial charge in [0, 0.05) is 44.2 Å². The summed E-state index contributed by atoms with van der Waals surface area (Å²) in [7, 11) is 0. The maximum absolute atomic E-state index is 2.53. The lowest BCUT2D eigenvalue weighted by Gasteiger charge is -2.28. The molecule has 1 heterocycles. The number of nitrogens with zero attached hydrogens (tertiary/aromatic N) is 2. The molecule has 0 N–H and O–H groups in total. The quantitative estimate of drug-likeness (QED) is 0.165. The van der Waals surface area contributed by atoms with Crippen LogP contribution in [0.1, 0.15) is 25.0 Å². The number of anilines is 3. The number of rotatable bonds is 6. The van der Waals surface area contributed by atoms with Gasteiger partial charge in [-0.1, -0.05) is 172 Å². The molecule has 9 aromatic carbocycles. The van der Waals surface area contributed by atoms with E-state index in [0.29, 0.717) is 0 Å². The lowest BCUT2D eigenvalue weighted by molar-refractivity contribution is 0.660. The second kappa shape index (κ2) is 13.0. The molecule has 0 fully saturated rings. The van der Waals surface area contributed by atoms with Crippen molar-refractivity contribution >= 4 is 49.6 Å². The Labute approximate surface area is 333 Å². The van der Waals surface area contributed by atoms with Crippen LogP contribution < -0.4 is 4.90 Å². The molecule has 0 unspecified atom stereocenters. The molecule has 0 spiro atoms. The molecule has 11 rings (SSSR count). The minimum absolute atomic E-state index is 0.225. The average Bonchev–Trinajstić information content (AvgIpc) is 3.73. The van der Waals surface area contributed by atoms with Crippen LogP contribution in [-0.4, -0.2) is 4.57 Å². The molecular weight excluding hydrogens is 689 g/mol. The first-order valence-electron chi connectivity index (χ1n) is 19.9. The lowest BCUT2D eigenvalue weighted by atomic mass is 9.82. The highest BCUT2D eigenvalue weighted by Crippen LogP contribution is 2.53. The van der Waals surface area contributed by atoms with E-state index in [1.807, 2.05) is 0 Å². The van der Waals surface area contributed by atoms with Gasteiger partial charge in [-0.3, -0.25) is 0 Å². The van der Waals surface area contributed by atoms with E-state index < -0.39 is 0 Å². The Kier molecular flexibility index (Phi) is 7.55. The van der Waals surface area contributed by atoms with Crippen molar-refractivity contribution in [2.24, 2.45) is 0 Å². The molecule has 0 aliphatic heterocycles. The SMILES string of the molecule is CC1(C)c2cc(N(c3ccc(-c4ccccc4)cc3)c3ccc(-c4ccccc4)cc3)ccc2-c2c(-n3c4ccccc4c4ccc5ccccc5c43)cccc21. The molecule has 270 valence electrons. The standard InChI is InChI=1S/C55H40N2/c1-55(2)49-21-13-23-52(57-51-22-12-11-20-46(51)47-34-28-41-18-9-10-19-45(41)54(47)57)53(49)48-35-33-44(36-50(48)55)56(42-29-24-39(25-30-42)37-14-5-3-6-15-37)43-31-26-40(27-32-43)38-16-7-4-8-17-38/h3-36H,1-2H3. The van der Waals surface area contributed by atoms with Gasteiger partial charge in [0.1, 0.15) is 0 Å². The smallest absolute Gasteiger partial charge is 0.0619 e. The van der Waals surface area contributed by atoms with Crippen LogP contribution in [0.2, 0.25) is 0 Å². The molecule has 0 saturated carbocycles. The molecule has 1 aliphatic carbocycles. The summed E-state index contributed by atoms with van der Waals surface area (Å²) >= 11 is 0. The molecule has 0 amide bonds. The molecule has 0 bridgehead atoms. The molecule has 10 aromatic rings. The Bertz CT molecular complexity index is 3030. The maximum Gasteiger partial charge on any atom is 0.0619 e. The van der Waals surface area contributed by atoms with Gasteiger partial charge in [0.25, 0.3) is 0 Å². The first kappa shape index (κ1) is 33.2. The Morgan fingerprint density at radius 2 is 0.965 bits per heavy atom. The number of hydrogen-bond acceptors (Lipinski definition) is 1. The van der Waals surface area contributed by atoms with Gasteiger partial charge < -0.3 is 9.47 Å². The summed E-state index contributed by atoms with van der Waals surface area (Å²) in [6, 6.07) is 75.5. The van der Waals surface area contributed by atoms with Crippen molar-refractivity contribution in [3.8, 4) is 39.1 Å². The van der Waals surface area contributed by atoms with Crippen molar-refractivity contribution in [2.75, 3.05) is 4.90 Å². The van der Waals surface area contributed by atoms with Crippen LogP contribution in [0.25, 0.3) is 71.6 Å². The third-order valence-electron chi connectivity index (χ3n) is 12.2. The predicted octanol–water partition coefficient (Wildman–Crippen LogP) is 15.0. The summed E-state index contributed by atoms with van der Waals surface area (Å²) in [5.41, 5.74) is 17.0. The fourth-order valence-corrected chi connectivity index (χ4v) is 9.38. The summed E-state index contributed by atoms with van der Waals surface area (Å²) in [4.78, 5) is 2.41. The molecule has 0 radical (unpaired) electrons.